The molecule has 2 atom stereocenters. The van der Waals surface area contributed by atoms with Crippen LogP contribution in [0.2, 0.25) is 0 Å². The second-order valence-corrected chi connectivity index (χ2v) is 5.30. The van der Waals surface area contributed by atoms with Crippen LogP contribution in [-0.4, -0.2) is 47.4 Å². The van der Waals surface area contributed by atoms with Crippen LogP contribution in [0, 0.1) is 11.8 Å². The third-order valence-electron chi connectivity index (χ3n) is 3.97. The van der Waals surface area contributed by atoms with Crippen molar-refractivity contribution >= 4 is 17.8 Å². The molecule has 1 saturated heterocycles. The van der Waals surface area contributed by atoms with Crippen molar-refractivity contribution in [1.82, 2.24) is 10.2 Å². The van der Waals surface area contributed by atoms with Gasteiger partial charge in [-0.3, -0.25) is 14.4 Å². The maximum absolute atomic E-state index is 12.4. The van der Waals surface area contributed by atoms with E-state index < -0.39 is 17.8 Å². The second kappa shape index (κ2) is 6.04. The van der Waals surface area contributed by atoms with Gasteiger partial charge in [0.1, 0.15) is 0 Å². The summed E-state index contributed by atoms with van der Waals surface area (Å²) in [4.78, 5) is 36.7. The zero-order valence-corrected chi connectivity index (χ0v) is 10.9. The fourth-order valence-corrected chi connectivity index (χ4v) is 2.95. The minimum absolute atomic E-state index is 0.0572. The van der Waals surface area contributed by atoms with E-state index in [4.69, 9.17) is 0 Å². The van der Waals surface area contributed by atoms with Crippen molar-refractivity contribution in [2.45, 2.75) is 32.1 Å². The number of nitrogens with zero attached hydrogens (tertiary/aromatic N) is 1. The first-order chi connectivity index (χ1) is 9.09. The van der Waals surface area contributed by atoms with Gasteiger partial charge >= 0.3 is 5.97 Å². The maximum atomic E-state index is 12.4. The molecule has 0 radical (unpaired) electrons. The first kappa shape index (κ1) is 13.8. The highest BCUT2D eigenvalue weighted by Crippen LogP contribution is 2.31. The first-order valence-electron chi connectivity index (χ1n) is 6.88. The van der Waals surface area contributed by atoms with Gasteiger partial charge in [-0.2, -0.15) is 0 Å². The van der Waals surface area contributed by atoms with Gasteiger partial charge in [0.15, 0.2) is 0 Å². The lowest BCUT2D eigenvalue weighted by Gasteiger charge is -2.31. The van der Waals surface area contributed by atoms with Crippen LogP contribution in [0.5, 0.6) is 0 Å². The van der Waals surface area contributed by atoms with E-state index in [0.29, 0.717) is 25.9 Å². The molecule has 1 saturated carbocycles. The van der Waals surface area contributed by atoms with Crippen LogP contribution in [0.3, 0.4) is 0 Å². The molecule has 1 aliphatic heterocycles. The first-order valence-corrected chi connectivity index (χ1v) is 6.88. The Morgan fingerprint density at radius 3 is 2.53 bits per heavy atom. The third kappa shape index (κ3) is 3.24. The largest absolute Gasteiger partial charge is 0.481 e. The number of carbonyl (C=O) groups is 3. The second-order valence-electron chi connectivity index (χ2n) is 5.30. The molecule has 2 amide bonds. The van der Waals surface area contributed by atoms with Crippen LogP contribution in [0.4, 0.5) is 0 Å². The summed E-state index contributed by atoms with van der Waals surface area (Å²) >= 11 is 0. The topological polar surface area (TPSA) is 86.7 Å². The fourth-order valence-electron chi connectivity index (χ4n) is 2.95. The van der Waals surface area contributed by atoms with Crippen molar-refractivity contribution in [1.29, 1.82) is 0 Å². The van der Waals surface area contributed by atoms with Gasteiger partial charge < -0.3 is 15.3 Å². The smallest absolute Gasteiger partial charge is 0.307 e. The van der Waals surface area contributed by atoms with E-state index in [9.17, 15) is 19.5 Å². The van der Waals surface area contributed by atoms with E-state index in [2.05, 4.69) is 5.32 Å². The van der Waals surface area contributed by atoms with E-state index in [1.165, 1.54) is 4.90 Å². The lowest BCUT2D eigenvalue weighted by molar-refractivity contribution is -0.152. The summed E-state index contributed by atoms with van der Waals surface area (Å²) in [6.07, 6.45) is 3.66. The zero-order valence-electron chi connectivity index (χ0n) is 10.9. The molecule has 1 aliphatic carbocycles. The Labute approximate surface area is 112 Å². The summed E-state index contributed by atoms with van der Waals surface area (Å²) in [6.45, 7) is 1.16. The summed E-state index contributed by atoms with van der Waals surface area (Å²) in [6, 6.07) is 0. The summed E-state index contributed by atoms with van der Waals surface area (Å²) in [5.74, 6) is -2.26. The van der Waals surface area contributed by atoms with Crippen molar-refractivity contribution in [3.8, 4) is 0 Å². The summed E-state index contributed by atoms with van der Waals surface area (Å²) in [5.41, 5.74) is 0. The molecule has 6 heteroatoms. The number of aliphatic carboxylic acids is 1. The van der Waals surface area contributed by atoms with Gasteiger partial charge in [0.2, 0.25) is 11.8 Å². The lowest BCUT2D eigenvalue weighted by atomic mass is 9.78. The quantitative estimate of drug-likeness (QED) is 0.750. The van der Waals surface area contributed by atoms with Gasteiger partial charge in [-0.25, -0.2) is 0 Å². The van der Waals surface area contributed by atoms with Gasteiger partial charge in [0.25, 0.3) is 0 Å². The minimum Gasteiger partial charge on any atom is -0.481 e. The highest BCUT2D eigenvalue weighted by atomic mass is 16.4. The molecule has 2 rings (SSSR count). The highest BCUT2D eigenvalue weighted by molar-refractivity contribution is 5.89. The minimum atomic E-state index is -0.891. The average molecular weight is 268 g/mol. The van der Waals surface area contributed by atoms with Crippen molar-refractivity contribution < 1.29 is 19.5 Å². The van der Waals surface area contributed by atoms with E-state index in [1.807, 2.05) is 0 Å². The lowest BCUT2D eigenvalue weighted by Crippen LogP contribution is -2.45. The number of amides is 2. The standard InChI is InChI=1S/C13H20N2O4/c16-11-8-15(7-3-6-14-11)12(17)9-4-1-2-5-10(9)13(18)19/h9-10H,1-8H2,(H,14,16)(H,18,19). The number of carboxylic acids is 1. The molecule has 2 aliphatic rings. The molecule has 106 valence electrons. The van der Waals surface area contributed by atoms with Crippen molar-refractivity contribution in [3.05, 3.63) is 0 Å². The Bertz CT molecular complexity index is 383. The number of carboxylic acid groups (broad SMARTS) is 1. The number of carbonyl (C=O) groups excluding carboxylic acids is 2. The number of rotatable bonds is 2. The van der Waals surface area contributed by atoms with Crippen LogP contribution in [-0.2, 0) is 14.4 Å². The molecule has 19 heavy (non-hydrogen) atoms. The molecule has 1 heterocycles. The molecule has 0 spiro atoms. The molecule has 0 aromatic carbocycles. The molecular formula is C13H20N2O4. The van der Waals surface area contributed by atoms with E-state index in [0.717, 1.165) is 19.3 Å². The van der Waals surface area contributed by atoms with Crippen LogP contribution < -0.4 is 5.32 Å². The SMILES string of the molecule is O=C1CN(C(=O)C2CCCCC2C(=O)O)CCCN1. The summed E-state index contributed by atoms with van der Waals surface area (Å²) < 4.78 is 0. The molecule has 2 fully saturated rings. The van der Waals surface area contributed by atoms with Crippen molar-refractivity contribution in [2.75, 3.05) is 19.6 Å². The molecule has 6 nitrogen and oxygen atoms in total. The Hall–Kier alpha value is -1.59. The number of hydrogen-bond donors (Lipinski definition) is 2. The molecule has 0 aromatic heterocycles. The van der Waals surface area contributed by atoms with Crippen LogP contribution >= 0.6 is 0 Å². The third-order valence-corrected chi connectivity index (χ3v) is 3.97. The Morgan fingerprint density at radius 1 is 1.16 bits per heavy atom. The zero-order chi connectivity index (χ0) is 13.8. The Kier molecular flexibility index (Phi) is 4.39. The normalized spacial score (nSPS) is 28.4. The van der Waals surface area contributed by atoms with Gasteiger partial charge in [0, 0.05) is 13.1 Å². The molecular weight excluding hydrogens is 248 g/mol. The molecule has 2 N–H and O–H groups in total. The summed E-state index contributed by atoms with van der Waals surface area (Å²) in [7, 11) is 0. The number of nitrogens with one attached hydrogen (secondary N) is 1. The number of hydrogen-bond acceptors (Lipinski definition) is 3. The molecule has 0 aromatic rings. The fraction of sp³-hybridized carbons (Fsp3) is 0.769. The van der Waals surface area contributed by atoms with Crippen LogP contribution in [0.15, 0.2) is 0 Å². The Morgan fingerprint density at radius 2 is 1.84 bits per heavy atom. The molecule has 2 unspecified atom stereocenters. The van der Waals surface area contributed by atoms with Gasteiger partial charge in [-0.15, -0.1) is 0 Å². The molecule has 0 bridgehead atoms. The average Bonchev–Trinajstić information content (AvgIpc) is 2.62. The Balaban J connectivity index is 2.07. The predicted molar refractivity (Wildman–Crippen MR) is 67.3 cm³/mol. The van der Waals surface area contributed by atoms with Crippen LogP contribution in [0.1, 0.15) is 32.1 Å². The van der Waals surface area contributed by atoms with E-state index in [-0.39, 0.29) is 18.4 Å². The van der Waals surface area contributed by atoms with Crippen molar-refractivity contribution in [3.63, 3.8) is 0 Å². The van der Waals surface area contributed by atoms with E-state index >= 15 is 0 Å². The summed E-state index contributed by atoms with van der Waals surface area (Å²) in [5, 5.41) is 11.9. The highest BCUT2D eigenvalue weighted by Gasteiger charge is 2.38. The monoisotopic (exact) mass is 268 g/mol. The van der Waals surface area contributed by atoms with Gasteiger partial charge in [0.05, 0.1) is 18.4 Å². The van der Waals surface area contributed by atoms with Crippen LogP contribution in [0.25, 0.3) is 0 Å². The van der Waals surface area contributed by atoms with Gasteiger partial charge in [-0.1, -0.05) is 12.8 Å². The van der Waals surface area contributed by atoms with Gasteiger partial charge in [-0.05, 0) is 19.3 Å². The van der Waals surface area contributed by atoms with E-state index in [1.54, 1.807) is 0 Å². The predicted octanol–water partition coefficient (Wildman–Crippen LogP) is 0.226. The maximum Gasteiger partial charge on any atom is 0.307 e. The van der Waals surface area contributed by atoms with Crippen molar-refractivity contribution in [2.24, 2.45) is 11.8 Å².